The maximum Gasteiger partial charge on any atom is 0.214 e. The van der Waals surface area contributed by atoms with E-state index in [0.29, 0.717) is 26.1 Å². The summed E-state index contributed by atoms with van der Waals surface area (Å²) < 4.78 is 25.7. The maximum atomic E-state index is 12.1. The molecule has 0 saturated carbocycles. The summed E-state index contributed by atoms with van der Waals surface area (Å²) in [5.74, 6) is 0.220. The smallest absolute Gasteiger partial charge is 0.214 e. The molecule has 104 valence electrons. The fraction of sp³-hybridized carbons (Fsp3) is 1.00. The summed E-state index contributed by atoms with van der Waals surface area (Å²) >= 11 is 0. The minimum absolute atomic E-state index is 0.220. The van der Waals surface area contributed by atoms with Crippen LogP contribution < -0.4 is 5.73 Å². The van der Waals surface area contributed by atoms with E-state index in [-0.39, 0.29) is 5.75 Å². The highest BCUT2D eigenvalue weighted by Gasteiger charge is 2.20. The zero-order valence-corrected chi connectivity index (χ0v) is 12.2. The lowest BCUT2D eigenvalue weighted by molar-refractivity contribution is 0.332. The first-order chi connectivity index (χ1) is 7.94. The minimum Gasteiger partial charge on any atom is -0.330 e. The Bertz CT molecular complexity index is 278. The first kappa shape index (κ1) is 16.8. The van der Waals surface area contributed by atoms with Gasteiger partial charge in [0.1, 0.15) is 0 Å². The van der Waals surface area contributed by atoms with Gasteiger partial charge in [0.2, 0.25) is 10.0 Å². The van der Waals surface area contributed by atoms with Crippen molar-refractivity contribution in [2.45, 2.75) is 26.2 Å². The third-order valence-electron chi connectivity index (χ3n) is 2.52. The van der Waals surface area contributed by atoms with Crippen LogP contribution in [-0.4, -0.2) is 63.7 Å². The lowest BCUT2D eigenvalue weighted by atomic mass is 10.3. The Labute approximate surface area is 106 Å². The molecule has 0 radical (unpaired) electrons. The second kappa shape index (κ2) is 8.85. The number of rotatable bonds is 10. The van der Waals surface area contributed by atoms with Gasteiger partial charge < -0.3 is 10.6 Å². The molecule has 0 aromatic heterocycles. The Morgan fingerprint density at radius 1 is 1.06 bits per heavy atom. The van der Waals surface area contributed by atoms with Crippen LogP contribution in [0.4, 0.5) is 0 Å². The number of nitrogens with zero attached hydrogens (tertiary/aromatic N) is 2. The second-order valence-corrected chi connectivity index (χ2v) is 6.60. The average molecular weight is 265 g/mol. The molecule has 0 aliphatic heterocycles. The quantitative estimate of drug-likeness (QED) is 0.578. The molecule has 0 spiro atoms. The zero-order chi connectivity index (χ0) is 13.3. The third-order valence-corrected chi connectivity index (χ3v) is 4.48. The van der Waals surface area contributed by atoms with E-state index in [9.17, 15) is 8.42 Å². The highest BCUT2D eigenvalue weighted by atomic mass is 32.2. The Morgan fingerprint density at radius 2 is 1.71 bits per heavy atom. The molecule has 0 bridgehead atoms. The Balaban J connectivity index is 4.33. The summed E-state index contributed by atoms with van der Waals surface area (Å²) in [5, 5.41) is 0. The van der Waals surface area contributed by atoms with E-state index in [1.165, 1.54) is 0 Å². The lowest BCUT2D eigenvalue weighted by Gasteiger charge is -2.23. The molecule has 0 fully saturated rings. The fourth-order valence-corrected chi connectivity index (χ4v) is 3.16. The summed E-state index contributed by atoms with van der Waals surface area (Å²) in [6, 6.07) is 0. The molecule has 5 nitrogen and oxygen atoms in total. The predicted molar refractivity (Wildman–Crippen MR) is 72.5 cm³/mol. The van der Waals surface area contributed by atoms with Crippen molar-refractivity contribution >= 4 is 10.0 Å². The molecular weight excluding hydrogens is 238 g/mol. The van der Waals surface area contributed by atoms with E-state index in [1.54, 1.807) is 4.31 Å². The topological polar surface area (TPSA) is 66.6 Å². The zero-order valence-electron chi connectivity index (χ0n) is 11.4. The van der Waals surface area contributed by atoms with Gasteiger partial charge in [-0.25, -0.2) is 12.7 Å². The number of nitrogens with two attached hydrogens (primary N) is 1. The summed E-state index contributed by atoms with van der Waals surface area (Å²) in [6.07, 6.45) is 2.28. The van der Waals surface area contributed by atoms with Gasteiger partial charge >= 0.3 is 0 Å². The molecule has 0 aromatic rings. The van der Waals surface area contributed by atoms with Gasteiger partial charge in [-0.1, -0.05) is 6.92 Å². The largest absolute Gasteiger partial charge is 0.330 e. The summed E-state index contributed by atoms with van der Waals surface area (Å²) in [5.41, 5.74) is 5.38. The molecule has 0 aromatic carbocycles. The minimum atomic E-state index is -3.10. The number of hydrogen-bond acceptors (Lipinski definition) is 4. The van der Waals surface area contributed by atoms with E-state index < -0.39 is 10.0 Å². The van der Waals surface area contributed by atoms with Gasteiger partial charge in [-0.15, -0.1) is 0 Å². The fourth-order valence-electron chi connectivity index (χ4n) is 1.51. The van der Waals surface area contributed by atoms with Crippen molar-refractivity contribution in [2.24, 2.45) is 5.73 Å². The Kier molecular flexibility index (Phi) is 8.77. The van der Waals surface area contributed by atoms with Crippen LogP contribution in [0.25, 0.3) is 0 Å². The molecule has 0 atom stereocenters. The molecule has 6 heteroatoms. The first-order valence-electron chi connectivity index (χ1n) is 6.26. The molecule has 0 heterocycles. The van der Waals surface area contributed by atoms with Crippen molar-refractivity contribution in [2.75, 3.05) is 46.0 Å². The van der Waals surface area contributed by atoms with E-state index >= 15 is 0 Å². The third kappa shape index (κ3) is 7.70. The van der Waals surface area contributed by atoms with Crippen molar-refractivity contribution in [1.82, 2.24) is 9.21 Å². The van der Waals surface area contributed by atoms with Crippen LogP contribution >= 0.6 is 0 Å². The molecule has 2 N–H and O–H groups in total. The molecule has 17 heavy (non-hydrogen) atoms. The van der Waals surface area contributed by atoms with Gasteiger partial charge in [0.25, 0.3) is 0 Å². The van der Waals surface area contributed by atoms with Gasteiger partial charge in [-0.05, 0) is 39.9 Å². The normalized spacial score (nSPS) is 12.6. The number of unbranched alkanes of at least 4 members (excludes halogenated alkanes) is 1. The number of sulfonamides is 1. The molecule has 0 amide bonds. The Morgan fingerprint density at radius 3 is 2.18 bits per heavy atom. The molecule has 0 aliphatic carbocycles. The van der Waals surface area contributed by atoms with E-state index in [2.05, 4.69) is 0 Å². The first-order valence-corrected chi connectivity index (χ1v) is 7.87. The standard InChI is InChI=1S/C11H27N3O2S/c1-4-8-14(10-9-13(2)3)17(15,16)11-6-5-7-12/h4-12H2,1-3H3. The maximum absolute atomic E-state index is 12.1. The average Bonchev–Trinajstić information content (AvgIpc) is 2.23. The highest BCUT2D eigenvalue weighted by Crippen LogP contribution is 2.06. The summed E-state index contributed by atoms with van der Waals surface area (Å²) in [7, 11) is 0.798. The number of hydrogen-bond donors (Lipinski definition) is 1. The molecule has 0 unspecified atom stereocenters. The SMILES string of the molecule is CCCN(CCN(C)C)S(=O)(=O)CCCCN. The monoisotopic (exact) mass is 265 g/mol. The van der Waals surface area contributed by atoms with E-state index in [4.69, 9.17) is 5.73 Å². The van der Waals surface area contributed by atoms with E-state index in [1.807, 2.05) is 25.9 Å². The van der Waals surface area contributed by atoms with Crippen LogP contribution in [0.15, 0.2) is 0 Å². The van der Waals surface area contributed by atoms with Gasteiger partial charge in [0, 0.05) is 19.6 Å². The van der Waals surface area contributed by atoms with Crippen LogP contribution in [-0.2, 0) is 10.0 Å². The van der Waals surface area contributed by atoms with Crippen LogP contribution in [0.2, 0.25) is 0 Å². The van der Waals surface area contributed by atoms with Crippen molar-refractivity contribution in [1.29, 1.82) is 0 Å². The van der Waals surface area contributed by atoms with Crippen molar-refractivity contribution in [3.63, 3.8) is 0 Å². The molecule has 0 aliphatic rings. The second-order valence-electron chi connectivity index (χ2n) is 4.51. The molecular formula is C11H27N3O2S. The van der Waals surface area contributed by atoms with Crippen LogP contribution in [0.3, 0.4) is 0 Å². The van der Waals surface area contributed by atoms with Crippen molar-refractivity contribution in [3.05, 3.63) is 0 Å². The predicted octanol–water partition coefficient (Wildman–Crippen LogP) is 0.329. The Hall–Kier alpha value is -0.170. The van der Waals surface area contributed by atoms with Crippen LogP contribution in [0.5, 0.6) is 0 Å². The summed E-state index contributed by atoms with van der Waals surface area (Å²) in [6.45, 7) is 4.50. The van der Waals surface area contributed by atoms with E-state index in [0.717, 1.165) is 19.4 Å². The van der Waals surface area contributed by atoms with Crippen molar-refractivity contribution in [3.8, 4) is 0 Å². The van der Waals surface area contributed by atoms with Gasteiger partial charge in [0.05, 0.1) is 5.75 Å². The van der Waals surface area contributed by atoms with Gasteiger partial charge in [-0.3, -0.25) is 0 Å². The highest BCUT2D eigenvalue weighted by molar-refractivity contribution is 7.89. The van der Waals surface area contributed by atoms with Crippen LogP contribution in [0.1, 0.15) is 26.2 Å². The number of likely N-dealkylation sites (N-methyl/N-ethyl adjacent to an activating group) is 1. The van der Waals surface area contributed by atoms with Gasteiger partial charge in [-0.2, -0.15) is 0 Å². The molecule has 0 saturated heterocycles. The van der Waals surface area contributed by atoms with Gasteiger partial charge in [0.15, 0.2) is 0 Å². The lowest BCUT2D eigenvalue weighted by Crippen LogP contribution is -2.38. The van der Waals surface area contributed by atoms with Crippen molar-refractivity contribution < 1.29 is 8.42 Å². The molecule has 0 rings (SSSR count). The summed E-state index contributed by atoms with van der Waals surface area (Å²) in [4.78, 5) is 2.00. The van der Waals surface area contributed by atoms with Crippen LogP contribution in [0, 0.1) is 0 Å².